The van der Waals surface area contributed by atoms with Gasteiger partial charge < -0.3 is 14.6 Å². The maximum absolute atomic E-state index is 12.2. The monoisotopic (exact) mass is 320 g/mol. The molecule has 118 valence electrons. The second kappa shape index (κ2) is 8.38. The highest BCUT2D eigenvalue weighted by atomic mass is 32.1. The van der Waals surface area contributed by atoms with Crippen LogP contribution in [-0.2, 0) is 11.3 Å². The summed E-state index contributed by atoms with van der Waals surface area (Å²) in [5.41, 5.74) is 0. The van der Waals surface area contributed by atoms with Gasteiger partial charge in [0, 0.05) is 24.4 Å². The molecule has 0 spiro atoms. The molecule has 6 heteroatoms. The Balaban J connectivity index is 1.69. The van der Waals surface area contributed by atoms with Crippen molar-refractivity contribution in [3.8, 4) is 0 Å². The number of amides is 2. The van der Waals surface area contributed by atoms with Gasteiger partial charge in [0.15, 0.2) is 5.76 Å². The van der Waals surface area contributed by atoms with Gasteiger partial charge in [-0.15, -0.1) is 11.3 Å². The minimum atomic E-state index is -0.247. The van der Waals surface area contributed by atoms with Crippen molar-refractivity contribution >= 4 is 23.2 Å². The Bertz CT molecular complexity index is 579. The molecule has 0 aliphatic heterocycles. The Morgan fingerprint density at radius 3 is 2.82 bits per heavy atom. The van der Waals surface area contributed by atoms with Crippen molar-refractivity contribution in [1.82, 2.24) is 10.2 Å². The fraction of sp³-hybridized carbons (Fsp3) is 0.375. The highest BCUT2D eigenvalue weighted by molar-refractivity contribution is 7.09. The first-order valence-corrected chi connectivity index (χ1v) is 8.20. The minimum absolute atomic E-state index is 0.114. The van der Waals surface area contributed by atoms with Crippen molar-refractivity contribution in [3.63, 3.8) is 0 Å². The Hall–Kier alpha value is -2.08. The molecule has 2 rings (SSSR count). The number of thiophene rings is 1. The van der Waals surface area contributed by atoms with Gasteiger partial charge >= 0.3 is 0 Å². The van der Waals surface area contributed by atoms with Crippen LogP contribution in [0.1, 0.15) is 35.2 Å². The average Bonchev–Trinajstić information content (AvgIpc) is 3.21. The lowest BCUT2D eigenvalue weighted by atomic mass is 10.2. The second-order valence-corrected chi connectivity index (χ2v) is 5.86. The number of furan rings is 1. The van der Waals surface area contributed by atoms with Crippen LogP contribution in [0, 0.1) is 0 Å². The van der Waals surface area contributed by atoms with Gasteiger partial charge in [0.1, 0.15) is 0 Å². The lowest BCUT2D eigenvalue weighted by Crippen LogP contribution is -2.31. The number of hydrogen-bond donors (Lipinski definition) is 1. The highest BCUT2D eigenvalue weighted by Gasteiger charge is 2.13. The number of rotatable bonds is 8. The Kier molecular flexibility index (Phi) is 6.21. The minimum Gasteiger partial charge on any atom is -0.459 e. The quantitative estimate of drug-likeness (QED) is 0.761. The Labute approximate surface area is 133 Å². The average molecular weight is 320 g/mol. The second-order valence-electron chi connectivity index (χ2n) is 4.82. The van der Waals surface area contributed by atoms with Gasteiger partial charge in [-0.3, -0.25) is 9.59 Å². The van der Waals surface area contributed by atoms with Crippen molar-refractivity contribution in [2.24, 2.45) is 0 Å². The van der Waals surface area contributed by atoms with Gasteiger partial charge in [-0.25, -0.2) is 0 Å². The van der Waals surface area contributed by atoms with E-state index in [4.69, 9.17) is 4.42 Å². The standard InChI is InChI=1S/C16H20N2O3S/c1-2-18(12-13-6-5-11-22-13)15(19)8-3-9-17-16(20)14-7-4-10-21-14/h4-7,10-11H,2-3,8-9,12H2,1H3,(H,17,20). The number of hydrogen-bond acceptors (Lipinski definition) is 4. The van der Waals surface area contributed by atoms with Crippen molar-refractivity contribution in [2.45, 2.75) is 26.3 Å². The number of nitrogens with zero attached hydrogens (tertiary/aromatic N) is 1. The SMILES string of the molecule is CCN(Cc1cccs1)C(=O)CCCNC(=O)c1ccco1. The zero-order valence-corrected chi connectivity index (χ0v) is 13.4. The van der Waals surface area contributed by atoms with E-state index in [2.05, 4.69) is 5.32 Å². The summed E-state index contributed by atoms with van der Waals surface area (Å²) >= 11 is 1.65. The van der Waals surface area contributed by atoms with E-state index in [-0.39, 0.29) is 11.8 Å². The first-order valence-electron chi connectivity index (χ1n) is 7.32. The molecule has 5 nitrogen and oxygen atoms in total. The Morgan fingerprint density at radius 2 is 2.18 bits per heavy atom. The van der Waals surface area contributed by atoms with E-state index in [1.165, 1.54) is 11.1 Å². The van der Waals surface area contributed by atoms with E-state index in [1.54, 1.807) is 23.5 Å². The summed E-state index contributed by atoms with van der Waals surface area (Å²) in [4.78, 5) is 26.8. The molecule has 0 radical (unpaired) electrons. The van der Waals surface area contributed by atoms with Gasteiger partial charge in [0.2, 0.25) is 5.91 Å². The van der Waals surface area contributed by atoms with Crippen LogP contribution in [-0.4, -0.2) is 29.8 Å². The number of nitrogens with one attached hydrogen (secondary N) is 1. The van der Waals surface area contributed by atoms with Gasteiger partial charge in [-0.05, 0) is 36.9 Å². The van der Waals surface area contributed by atoms with E-state index in [1.807, 2.05) is 29.3 Å². The molecule has 2 aromatic heterocycles. The summed E-state index contributed by atoms with van der Waals surface area (Å²) in [5.74, 6) is 0.158. The molecule has 0 fully saturated rings. The van der Waals surface area contributed by atoms with Gasteiger partial charge in [-0.1, -0.05) is 6.07 Å². The van der Waals surface area contributed by atoms with Crippen LogP contribution in [0.25, 0.3) is 0 Å². The maximum Gasteiger partial charge on any atom is 0.286 e. The summed E-state index contributed by atoms with van der Waals surface area (Å²) in [6.45, 7) is 3.78. The van der Waals surface area contributed by atoms with E-state index in [0.29, 0.717) is 38.2 Å². The third-order valence-electron chi connectivity index (χ3n) is 3.26. The summed E-state index contributed by atoms with van der Waals surface area (Å²) in [6, 6.07) is 7.30. The van der Waals surface area contributed by atoms with Crippen LogP contribution in [0.15, 0.2) is 40.3 Å². The molecular formula is C16H20N2O3S. The lowest BCUT2D eigenvalue weighted by molar-refractivity contribution is -0.131. The van der Waals surface area contributed by atoms with Gasteiger partial charge in [0.25, 0.3) is 5.91 Å². The molecule has 22 heavy (non-hydrogen) atoms. The molecule has 1 N–H and O–H groups in total. The molecule has 2 aromatic rings. The number of carbonyl (C=O) groups is 2. The molecule has 0 saturated heterocycles. The molecule has 0 unspecified atom stereocenters. The van der Waals surface area contributed by atoms with Crippen molar-refractivity contribution in [3.05, 3.63) is 46.5 Å². The fourth-order valence-electron chi connectivity index (χ4n) is 2.06. The fourth-order valence-corrected chi connectivity index (χ4v) is 2.78. The van der Waals surface area contributed by atoms with Crippen LogP contribution in [0.4, 0.5) is 0 Å². The molecule has 0 aliphatic rings. The molecule has 0 aliphatic carbocycles. The van der Waals surface area contributed by atoms with Crippen LogP contribution in [0.2, 0.25) is 0 Å². The largest absolute Gasteiger partial charge is 0.459 e. The first-order chi connectivity index (χ1) is 10.7. The van der Waals surface area contributed by atoms with Crippen LogP contribution in [0.3, 0.4) is 0 Å². The third kappa shape index (κ3) is 4.73. The van der Waals surface area contributed by atoms with Crippen molar-refractivity contribution in [2.75, 3.05) is 13.1 Å². The smallest absolute Gasteiger partial charge is 0.286 e. The summed E-state index contributed by atoms with van der Waals surface area (Å²) in [6.07, 6.45) is 2.51. The van der Waals surface area contributed by atoms with Crippen LogP contribution < -0.4 is 5.32 Å². The zero-order chi connectivity index (χ0) is 15.8. The first kappa shape index (κ1) is 16.3. The number of carbonyl (C=O) groups excluding carboxylic acids is 2. The van der Waals surface area contributed by atoms with E-state index < -0.39 is 0 Å². The predicted octanol–water partition coefficient (Wildman–Crippen LogP) is 2.90. The molecule has 0 bridgehead atoms. The van der Waals surface area contributed by atoms with E-state index in [9.17, 15) is 9.59 Å². The molecule has 2 heterocycles. The van der Waals surface area contributed by atoms with Crippen molar-refractivity contribution in [1.29, 1.82) is 0 Å². The van der Waals surface area contributed by atoms with Gasteiger partial charge in [-0.2, -0.15) is 0 Å². The summed E-state index contributed by atoms with van der Waals surface area (Å²) < 4.78 is 5.00. The summed E-state index contributed by atoms with van der Waals surface area (Å²) in [5, 5.41) is 4.75. The topological polar surface area (TPSA) is 62.6 Å². The third-order valence-corrected chi connectivity index (χ3v) is 4.12. The van der Waals surface area contributed by atoms with E-state index >= 15 is 0 Å². The van der Waals surface area contributed by atoms with Gasteiger partial charge in [0.05, 0.1) is 12.8 Å². The molecule has 0 saturated carbocycles. The highest BCUT2D eigenvalue weighted by Crippen LogP contribution is 2.12. The maximum atomic E-state index is 12.2. The molecule has 2 amide bonds. The summed E-state index contributed by atoms with van der Waals surface area (Å²) in [7, 11) is 0. The predicted molar refractivity (Wildman–Crippen MR) is 85.7 cm³/mol. The molecular weight excluding hydrogens is 300 g/mol. The van der Waals surface area contributed by atoms with Crippen molar-refractivity contribution < 1.29 is 14.0 Å². The lowest BCUT2D eigenvalue weighted by Gasteiger charge is -2.20. The van der Waals surface area contributed by atoms with E-state index in [0.717, 1.165) is 0 Å². The molecule has 0 atom stereocenters. The molecule has 0 aromatic carbocycles. The van der Waals surface area contributed by atoms with Crippen LogP contribution >= 0.6 is 11.3 Å². The Morgan fingerprint density at radius 1 is 1.32 bits per heavy atom. The van der Waals surface area contributed by atoms with Crippen LogP contribution in [0.5, 0.6) is 0 Å². The zero-order valence-electron chi connectivity index (χ0n) is 12.6. The normalized spacial score (nSPS) is 10.4.